The van der Waals surface area contributed by atoms with Gasteiger partial charge in [0, 0.05) is 5.57 Å². The molecule has 1 aliphatic rings. The second-order valence-corrected chi connectivity index (χ2v) is 10.2. The highest BCUT2D eigenvalue weighted by Crippen LogP contribution is 2.36. The molecule has 1 atom stereocenters. The molecule has 15 heavy (non-hydrogen) atoms. The molecule has 0 spiro atoms. The number of carbonyl (C=O) groups is 2. The fourth-order valence-electron chi connectivity index (χ4n) is 1.87. The van der Waals surface area contributed by atoms with Crippen LogP contribution in [0.15, 0.2) is 11.3 Å². The van der Waals surface area contributed by atoms with Crippen LogP contribution < -0.4 is 0 Å². The Hall–Kier alpha value is -0.903. The van der Waals surface area contributed by atoms with Crippen LogP contribution in [0.25, 0.3) is 0 Å². The fraction of sp³-hybridized carbons (Fsp3) is 0.636. The van der Waals surface area contributed by atoms with Crippen molar-refractivity contribution < 1.29 is 14.3 Å². The lowest BCUT2D eigenvalue weighted by molar-refractivity contribution is -0.122. The maximum atomic E-state index is 12.0. The Morgan fingerprint density at radius 2 is 1.73 bits per heavy atom. The SMILES string of the molecule is CCOC1=C(C)C(=O)C([Si](C)(C)C)C1=O. The predicted molar refractivity (Wildman–Crippen MR) is 61.4 cm³/mol. The van der Waals surface area contributed by atoms with E-state index in [4.69, 9.17) is 4.74 Å². The molecule has 0 saturated heterocycles. The summed E-state index contributed by atoms with van der Waals surface area (Å²) in [6.07, 6.45) is 0. The summed E-state index contributed by atoms with van der Waals surface area (Å²) in [6.45, 7) is 10.1. The first kappa shape index (κ1) is 12.2. The average Bonchev–Trinajstić information content (AvgIpc) is 2.29. The van der Waals surface area contributed by atoms with Crippen molar-refractivity contribution in [3.63, 3.8) is 0 Å². The number of carbonyl (C=O) groups excluding carboxylic acids is 2. The summed E-state index contributed by atoms with van der Waals surface area (Å²) < 4.78 is 5.25. The molecule has 4 heteroatoms. The molecule has 84 valence electrons. The molecular formula is C11H18O3Si. The van der Waals surface area contributed by atoms with Gasteiger partial charge in [-0.2, -0.15) is 0 Å². The standard InChI is InChI=1S/C11H18O3Si/c1-6-14-10-7(2)8(12)11(9(10)13)15(3,4)5/h11H,6H2,1-5H3. The third-order valence-corrected chi connectivity index (χ3v) is 4.87. The van der Waals surface area contributed by atoms with Crippen LogP contribution in [0.5, 0.6) is 0 Å². The van der Waals surface area contributed by atoms with Crippen LogP contribution in [0.2, 0.25) is 25.2 Å². The van der Waals surface area contributed by atoms with Crippen LogP contribution in [0.1, 0.15) is 13.8 Å². The minimum Gasteiger partial charge on any atom is -0.490 e. The number of Topliss-reactive ketones (excluding diaryl/α,β-unsaturated/α-hetero) is 2. The first-order chi connectivity index (χ1) is 6.80. The van der Waals surface area contributed by atoms with Gasteiger partial charge in [0.05, 0.1) is 20.2 Å². The second kappa shape index (κ2) is 3.93. The molecule has 3 nitrogen and oxygen atoms in total. The normalized spacial score (nSPS) is 22.6. The Morgan fingerprint density at radius 1 is 1.20 bits per heavy atom. The van der Waals surface area contributed by atoms with Gasteiger partial charge in [-0.15, -0.1) is 0 Å². The Bertz CT molecular complexity index is 336. The van der Waals surface area contributed by atoms with Gasteiger partial charge < -0.3 is 4.74 Å². The van der Waals surface area contributed by atoms with E-state index in [1.54, 1.807) is 6.92 Å². The van der Waals surface area contributed by atoms with E-state index in [0.717, 1.165) is 0 Å². The van der Waals surface area contributed by atoms with Gasteiger partial charge in [-0.1, -0.05) is 19.6 Å². The average molecular weight is 226 g/mol. The fourth-order valence-corrected chi connectivity index (χ4v) is 3.79. The Kier molecular flexibility index (Phi) is 3.18. The van der Waals surface area contributed by atoms with E-state index < -0.39 is 13.6 Å². The second-order valence-electron chi connectivity index (χ2n) is 4.91. The molecule has 0 fully saturated rings. The quantitative estimate of drug-likeness (QED) is 0.547. The van der Waals surface area contributed by atoms with Crippen LogP contribution in [-0.2, 0) is 14.3 Å². The van der Waals surface area contributed by atoms with Gasteiger partial charge >= 0.3 is 0 Å². The largest absolute Gasteiger partial charge is 0.490 e. The Balaban J connectivity index is 3.07. The Labute approximate surface area is 91.5 Å². The van der Waals surface area contributed by atoms with Crippen LogP contribution >= 0.6 is 0 Å². The summed E-state index contributed by atoms with van der Waals surface area (Å²) in [4.78, 5) is 23.9. The summed E-state index contributed by atoms with van der Waals surface area (Å²) in [7, 11) is -1.78. The van der Waals surface area contributed by atoms with E-state index in [9.17, 15) is 9.59 Å². The molecule has 0 heterocycles. The van der Waals surface area contributed by atoms with Crippen LogP contribution in [0.4, 0.5) is 0 Å². The van der Waals surface area contributed by atoms with E-state index >= 15 is 0 Å². The third kappa shape index (κ3) is 2.04. The van der Waals surface area contributed by atoms with Gasteiger partial charge in [-0.25, -0.2) is 0 Å². The van der Waals surface area contributed by atoms with E-state index in [2.05, 4.69) is 0 Å². The number of rotatable bonds is 3. The molecule has 0 N–H and O–H groups in total. The van der Waals surface area contributed by atoms with Crippen LogP contribution in [-0.4, -0.2) is 26.2 Å². The van der Waals surface area contributed by atoms with Crippen molar-refractivity contribution >= 4 is 19.6 Å². The molecule has 0 amide bonds. The molecule has 0 aromatic heterocycles. The number of ether oxygens (including phenoxy) is 1. The van der Waals surface area contributed by atoms with Crippen LogP contribution in [0.3, 0.4) is 0 Å². The minimum absolute atomic E-state index is 0.0254. The minimum atomic E-state index is -1.78. The Morgan fingerprint density at radius 3 is 2.07 bits per heavy atom. The number of ketones is 2. The zero-order valence-corrected chi connectivity index (χ0v) is 11.0. The van der Waals surface area contributed by atoms with E-state index in [-0.39, 0.29) is 11.6 Å². The lowest BCUT2D eigenvalue weighted by Gasteiger charge is -2.21. The first-order valence-corrected chi connectivity index (χ1v) is 8.80. The third-order valence-electron chi connectivity index (χ3n) is 2.61. The van der Waals surface area contributed by atoms with Gasteiger partial charge in [0.25, 0.3) is 0 Å². The van der Waals surface area contributed by atoms with Gasteiger partial charge in [0.2, 0.25) is 5.78 Å². The van der Waals surface area contributed by atoms with E-state index in [1.807, 2.05) is 26.6 Å². The molecule has 0 aromatic carbocycles. The van der Waals surface area contributed by atoms with Crippen molar-refractivity contribution in [1.29, 1.82) is 0 Å². The molecule has 0 radical (unpaired) electrons. The first-order valence-electron chi connectivity index (χ1n) is 5.22. The van der Waals surface area contributed by atoms with Crippen LogP contribution in [0, 0.1) is 0 Å². The van der Waals surface area contributed by atoms with Gasteiger partial charge in [0.1, 0.15) is 0 Å². The number of hydrogen-bond acceptors (Lipinski definition) is 3. The predicted octanol–water partition coefficient (Wildman–Crippen LogP) is 2.16. The molecule has 0 aromatic rings. The summed E-state index contributed by atoms with van der Waals surface area (Å²) in [5.41, 5.74) is 0.0772. The van der Waals surface area contributed by atoms with Crippen molar-refractivity contribution in [2.24, 2.45) is 0 Å². The molecule has 0 saturated carbocycles. The summed E-state index contributed by atoms with van der Waals surface area (Å²) in [5, 5.41) is 0. The maximum Gasteiger partial charge on any atom is 0.205 e. The monoisotopic (exact) mass is 226 g/mol. The summed E-state index contributed by atoms with van der Waals surface area (Å²) in [5.74, 6) is 0.177. The highest BCUT2D eigenvalue weighted by Gasteiger charge is 2.47. The highest BCUT2D eigenvalue weighted by atomic mass is 28.3. The molecular weight excluding hydrogens is 208 g/mol. The van der Waals surface area contributed by atoms with Crippen molar-refractivity contribution in [3.05, 3.63) is 11.3 Å². The lowest BCUT2D eigenvalue weighted by Crippen LogP contribution is -2.36. The number of allylic oxidation sites excluding steroid dienone is 2. The van der Waals surface area contributed by atoms with E-state index in [0.29, 0.717) is 17.9 Å². The van der Waals surface area contributed by atoms with E-state index in [1.165, 1.54) is 0 Å². The zero-order valence-electron chi connectivity index (χ0n) is 10.0. The number of hydrogen-bond donors (Lipinski definition) is 0. The highest BCUT2D eigenvalue weighted by molar-refractivity contribution is 6.85. The maximum absolute atomic E-state index is 12.0. The topological polar surface area (TPSA) is 43.4 Å². The van der Waals surface area contributed by atoms with Crippen molar-refractivity contribution in [1.82, 2.24) is 0 Å². The zero-order chi connectivity index (χ0) is 11.8. The van der Waals surface area contributed by atoms with Crippen molar-refractivity contribution in [3.8, 4) is 0 Å². The molecule has 1 unspecified atom stereocenters. The smallest absolute Gasteiger partial charge is 0.205 e. The summed E-state index contributed by atoms with van der Waals surface area (Å²) in [6, 6.07) is 0. The van der Waals surface area contributed by atoms with Crippen molar-refractivity contribution in [2.75, 3.05) is 6.61 Å². The summed E-state index contributed by atoms with van der Waals surface area (Å²) >= 11 is 0. The molecule has 1 rings (SSSR count). The van der Waals surface area contributed by atoms with Gasteiger partial charge in [0.15, 0.2) is 11.5 Å². The molecule has 0 bridgehead atoms. The molecule has 0 aliphatic heterocycles. The lowest BCUT2D eigenvalue weighted by atomic mass is 10.2. The van der Waals surface area contributed by atoms with Gasteiger partial charge in [-0.3, -0.25) is 9.59 Å². The van der Waals surface area contributed by atoms with Crippen molar-refractivity contribution in [2.45, 2.75) is 39.0 Å². The van der Waals surface area contributed by atoms with Gasteiger partial charge in [-0.05, 0) is 13.8 Å². The molecule has 1 aliphatic carbocycles.